The minimum Gasteiger partial charge on any atom is -0.378 e. The normalized spacial score (nSPS) is 26.1. The van der Waals surface area contributed by atoms with Gasteiger partial charge in [0, 0.05) is 0 Å². The van der Waals surface area contributed by atoms with Gasteiger partial charge in [-0.2, -0.15) is 0 Å². The first-order valence-corrected chi connectivity index (χ1v) is 4.46. The summed E-state index contributed by atoms with van der Waals surface area (Å²) >= 11 is 0. The summed E-state index contributed by atoms with van der Waals surface area (Å²) in [5.41, 5.74) is 1.36. The second kappa shape index (κ2) is 3.91. The fourth-order valence-electron chi connectivity index (χ4n) is 1.53. The molecule has 0 bridgehead atoms. The molecule has 1 unspecified atom stereocenters. The van der Waals surface area contributed by atoms with Crippen LogP contribution in [0.5, 0.6) is 0 Å². The summed E-state index contributed by atoms with van der Waals surface area (Å²) in [5.74, 6) is 0.742. The summed E-state index contributed by atoms with van der Waals surface area (Å²) in [5, 5.41) is 0. The van der Waals surface area contributed by atoms with Crippen molar-refractivity contribution in [2.75, 3.05) is 6.61 Å². The first-order valence-electron chi connectivity index (χ1n) is 4.46. The molecule has 1 aliphatic rings. The lowest BCUT2D eigenvalue weighted by molar-refractivity contribution is 0.0231. The van der Waals surface area contributed by atoms with Crippen LogP contribution in [-0.2, 0) is 4.74 Å². The van der Waals surface area contributed by atoms with E-state index in [1.54, 1.807) is 0 Å². The van der Waals surface area contributed by atoms with E-state index in [4.69, 9.17) is 4.74 Å². The van der Waals surface area contributed by atoms with Crippen molar-refractivity contribution in [1.29, 1.82) is 0 Å². The maximum absolute atomic E-state index is 5.60. The Labute approximate surface area is 69.4 Å². The van der Waals surface area contributed by atoms with E-state index in [1.807, 2.05) is 0 Å². The summed E-state index contributed by atoms with van der Waals surface area (Å²) in [7, 11) is 0. The molecule has 0 aromatic heterocycles. The second-order valence-corrected chi connectivity index (χ2v) is 3.83. The van der Waals surface area contributed by atoms with Gasteiger partial charge in [0.05, 0.1) is 12.7 Å². The van der Waals surface area contributed by atoms with Gasteiger partial charge in [0.2, 0.25) is 0 Å². The molecule has 0 aromatic carbocycles. The van der Waals surface area contributed by atoms with Crippen molar-refractivity contribution < 1.29 is 4.74 Å². The van der Waals surface area contributed by atoms with Crippen molar-refractivity contribution >= 4 is 0 Å². The molecule has 0 radical (unpaired) electrons. The third-order valence-electron chi connectivity index (χ3n) is 2.06. The molecular formula is C10H18O. The van der Waals surface area contributed by atoms with Crippen molar-refractivity contribution in [1.82, 2.24) is 0 Å². The van der Waals surface area contributed by atoms with Crippen LogP contribution in [-0.4, -0.2) is 12.7 Å². The molecule has 11 heavy (non-hydrogen) atoms. The monoisotopic (exact) mass is 154 g/mol. The highest BCUT2D eigenvalue weighted by Crippen LogP contribution is 2.22. The van der Waals surface area contributed by atoms with E-state index in [0.717, 1.165) is 25.4 Å². The van der Waals surface area contributed by atoms with Crippen LogP contribution in [0.4, 0.5) is 0 Å². The fraction of sp³-hybridized carbons (Fsp3) is 0.800. The van der Waals surface area contributed by atoms with E-state index < -0.39 is 0 Å². The van der Waals surface area contributed by atoms with E-state index in [2.05, 4.69) is 20.4 Å². The predicted molar refractivity (Wildman–Crippen MR) is 47.6 cm³/mol. The van der Waals surface area contributed by atoms with Crippen LogP contribution in [0.15, 0.2) is 12.2 Å². The SMILES string of the molecule is C=C1CCOC(CC(C)C)C1. The van der Waals surface area contributed by atoms with Gasteiger partial charge >= 0.3 is 0 Å². The molecule has 1 rings (SSSR count). The Morgan fingerprint density at radius 2 is 2.36 bits per heavy atom. The molecular weight excluding hydrogens is 136 g/mol. The van der Waals surface area contributed by atoms with Crippen LogP contribution >= 0.6 is 0 Å². The summed E-state index contributed by atoms with van der Waals surface area (Å²) in [6.07, 6.45) is 3.78. The predicted octanol–water partition coefficient (Wildman–Crippen LogP) is 2.77. The van der Waals surface area contributed by atoms with Crippen LogP contribution in [0.25, 0.3) is 0 Å². The molecule has 1 fully saturated rings. The lowest BCUT2D eigenvalue weighted by Gasteiger charge is -2.25. The van der Waals surface area contributed by atoms with Gasteiger partial charge in [-0.05, 0) is 25.2 Å². The maximum atomic E-state index is 5.60. The molecule has 0 saturated carbocycles. The first-order chi connectivity index (χ1) is 5.18. The fourth-order valence-corrected chi connectivity index (χ4v) is 1.53. The molecule has 0 amide bonds. The van der Waals surface area contributed by atoms with Crippen molar-refractivity contribution in [3.05, 3.63) is 12.2 Å². The number of hydrogen-bond acceptors (Lipinski definition) is 1. The molecule has 1 aliphatic heterocycles. The van der Waals surface area contributed by atoms with Gasteiger partial charge in [-0.1, -0.05) is 26.0 Å². The molecule has 1 atom stereocenters. The molecule has 1 saturated heterocycles. The minimum atomic E-state index is 0.455. The highest BCUT2D eigenvalue weighted by Gasteiger charge is 2.16. The van der Waals surface area contributed by atoms with E-state index in [-0.39, 0.29) is 0 Å². The average molecular weight is 154 g/mol. The Morgan fingerprint density at radius 1 is 1.64 bits per heavy atom. The molecule has 64 valence electrons. The van der Waals surface area contributed by atoms with E-state index in [1.165, 1.54) is 12.0 Å². The molecule has 0 aromatic rings. The third-order valence-corrected chi connectivity index (χ3v) is 2.06. The summed E-state index contributed by atoms with van der Waals surface area (Å²) < 4.78 is 5.60. The van der Waals surface area contributed by atoms with Crippen molar-refractivity contribution in [2.24, 2.45) is 5.92 Å². The van der Waals surface area contributed by atoms with Crippen molar-refractivity contribution in [2.45, 2.75) is 39.2 Å². The Bertz CT molecular complexity index is 138. The lowest BCUT2D eigenvalue weighted by atomic mass is 9.97. The van der Waals surface area contributed by atoms with Crippen molar-refractivity contribution in [3.8, 4) is 0 Å². The van der Waals surface area contributed by atoms with Crippen LogP contribution in [0, 0.1) is 5.92 Å². The van der Waals surface area contributed by atoms with Gasteiger partial charge in [0.15, 0.2) is 0 Å². The lowest BCUT2D eigenvalue weighted by Crippen LogP contribution is -2.21. The largest absolute Gasteiger partial charge is 0.378 e. The van der Waals surface area contributed by atoms with Gasteiger partial charge in [-0.3, -0.25) is 0 Å². The Morgan fingerprint density at radius 3 is 2.91 bits per heavy atom. The third kappa shape index (κ3) is 3.06. The number of hydrogen-bond donors (Lipinski definition) is 0. The quantitative estimate of drug-likeness (QED) is 0.556. The average Bonchev–Trinajstić information content (AvgIpc) is 1.85. The zero-order valence-electron chi connectivity index (χ0n) is 7.60. The Kier molecular flexibility index (Phi) is 3.13. The molecule has 1 nitrogen and oxygen atoms in total. The van der Waals surface area contributed by atoms with Crippen LogP contribution in [0.1, 0.15) is 33.1 Å². The molecule has 1 heterocycles. The first kappa shape index (κ1) is 8.79. The zero-order chi connectivity index (χ0) is 8.27. The summed E-state index contributed by atoms with van der Waals surface area (Å²) in [6, 6.07) is 0. The second-order valence-electron chi connectivity index (χ2n) is 3.83. The van der Waals surface area contributed by atoms with Gasteiger partial charge < -0.3 is 4.74 Å². The molecule has 0 N–H and O–H groups in total. The van der Waals surface area contributed by atoms with Gasteiger partial charge in [0.1, 0.15) is 0 Å². The van der Waals surface area contributed by atoms with Gasteiger partial charge in [-0.15, -0.1) is 0 Å². The highest BCUT2D eigenvalue weighted by atomic mass is 16.5. The Balaban J connectivity index is 2.28. The highest BCUT2D eigenvalue weighted by molar-refractivity contribution is 4.98. The Hall–Kier alpha value is -0.300. The van der Waals surface area contributed by atoms with E-state index in [0.29, 0.717) is 6.10 Å². The smallest absolute Gasteiger partial charge is 0.0614 e. The van der Waals surface area contributed by atoms with Crippen LogP contribution in [0.2, 0.25) is 0 Å². The topological polar surface area (TPSA) is 9.23 Å². The number of ether oxygens (including phenoxy) is 1. The molecule has 0 aliphatic carbocycles. The molecule has 1 heteroatoms. The van der Waals surface area contributed by atoms with E-state index in [9.17, 15) is 0 Å². The van der Waals surface area contributed by atoms with Gasteiger partial charge in [0.25, 0.3) is 0 Å². The molecule has 0 spiro atoms. The maximum Gasteiger partial charge on any atom is 0.0614 e. The minimum absolute atomic E-state index is 0.455. The standard InChI is InChI=1S/C10H18O/c1-8(2)6-10-7-9(3)4-5-11-10/h8,10H,3-7H2,1-2H3. The van der Waals surface area contributed by atoms with Crippen LogP contribution < -0.4 is 0 Å². The van der Waals surface area contributed by atoms with Crippen molar-refractivity contribution in [3.63, 3.8) is 0 Å². The number of rotatable bonds is 2. The zero-order valence-corrected chi connectivity index (χ0v) is 7.60. The van der Waals surface area contributed by atoms with E-state index >= 15 is 0 Å². The summed E-state index contributed by atoms with van der Waals surface area (Å²) in [4.78, 5) is 0. The summed E-state index contributed by atoms with van der Waals surface area (Å²) in [6.45, 7) is 9.35. The van der Waals surface area contributed by atoms with Crippen LogP contribution in [0.3, 0.4) is 0 Å². The van der Waals surface area contributed by atoms with Gasteiger partial charge in [-0.25, -0.2) is 0 Å².